The molecule has 150 valence electrons. The maximum absolute atomic E-state index is 13.2. The minimum atomic E-state index is -0.699. The quantitative estimate of drug-likeness (QED) is 0.535. The number of imide groups is 1. The number of rotatable bonds is 6. The maximum Gasteiger partial charge on any atom is 0.274 e. The zero-order valence-corrected chi connectivity index (χ0v) is 16.5. The lowest BCUT2D eigenvalue weighted by molar-refractivity contribution is -0.162. The summed E-state index contributed by atoms with van der Waals surface area (Å²) in [6, 6.07) is 12.7. The van der Waals surface area contributed by atoms with Crippen molar-refractivity contribution in [1.82, 2.24) is 10.0 Å². The predicted octanol–water partition coefficient (Wildman–Crippen LogP) is 3.13. The summed E-state index contributed by atoms with van der Waals surface area (Å²) >= 11 is 6.13. The van der Waals surface area contributed by atoms with Crippen molar-refractivity contribution >= 4 is 35.1 Å². The zero-order valence-electron chi connectivity index (χ0n) is 15.8. The molecule has 0 radical (unpaired) electrons. The molecule has 0 unspecified atom stereocenters. The van der Waals surface area contributed by atoms with Crippen molar-refractivity contribution in [2.75, 3.05) is 13.7 Å². The Hall–Kier alpha value is -3.19. The fraction of sp³-hybridized carbons (Fsp3) is 0.238. The van der Waals surface area contributed by atoms with Gasteiger partial charge >= 0.3 is 0 Å². The summed E-state index contributed by atoms with van der Waals surface area (Å²) in [5, 5.41) is 1.81. The fourth-order valence-electron chi connectivity index (χ4n) is 3.04. The lowest BCUT2D eigenvalue weighted by Crippen LogP contribution is -2.56. The second kappa shape index (κ2) is 8.87. The Bertz CT molecular complexity index is 959. The molecule has 1 heterocycles. The van der Waals surface area contributed by atoms with E-state index < -0.39 is 30.0 Å². The zero-order chi connectivity index (χ0) is 21.0. The molecular weight excluding hydrogens is 396 g/mol. The normalized spacial score (nSPS) is 13.9. The predicted molar refractivity (Wildman–Crippen MR) is 106 cm³/mol. The van der Waals surface area contributed by atoms with Crippen molar-refractivity contribution < 1.29 is 23.9 Å². The third-order valence-corrected chi connectivity index (χ3v) is 4.85. The maximum atomic E-state index is 13.2. The van der Waals surface area contributed by atoms with Crippen molar-refractivity contribution in [2.45, 2.75) is 19.3 Å². The summed E-state index contributed by atoms with van der Waals surface area (Å²) in [4.78, 5) is 50.9. The van der Waals surface area contributed by atoms with Crippen LogP contribution in [-0.2, 0) is 9.59 Å². The molecule has 7 nitrogen and oxygen atoms in total. The molecule has 0 aliphatic carbocycles. The van der Waals surface area contributed by atoms with Crippen molar-refractivity contribution in [1.29, 1.82) is 0 Å². The fourth-order valence-corrected chi connectivity index (χ4v) is 3.26. The number of ether oxygens (including phenoxy) is 1. The van der Waals surface area contributed by atoms with E-state index in [1.165, 1.54) is 25.3 Å². The first-order valence-corrected chi connectivity index (χ1v) is 9.39. The summed E-state index contributed by atoms with van der Waals surface area (Å²) in [5.41, 5.74) is 0.386. The highest BCUT2D eigenvalue weighted by Gasteiger charge is 2.36. The number of ketones is 1. The Balaban J connectivity index is 1.97. The van der Waals surface area contributed by atoms with Gasteiger partial charge in [0.1, 0.15) is 12.3 Å². The molecule has 2 aromatic rings. The highest BCUT2D eigenvalue weighted by Crippen LogP contribution is 2.22. The van der Waals surface area contributed by atoms with E-state index in [1.54, 1.807) is 30.3 Å². The molecule has 1 fully saturated rings. The van der Waals surface area contributed by atoms with Crippen LogP contribution in [0.15, 0.2) is 48.5 Å². The Morgan fingerprint density at radius 1 is 1.07 bits per heavy atom. The molecule has 0 spiro atoms. The average molecular weight is 415 g/mol. The van der Waals surface area contributed by atoms with Crippen LogP contribution in [0.2, 0.25) is 5.02 Å². The molecule has 3 amide bonds. The van der Waals surface area contributed by atoms with Crippen molar-refractivity contribution in [2.24, 2.45) is 0 Å². The number of halogens is 1. The largest absolute Gasteiger partial charge is 0.497 e. The van der Waals surface area contributed by atoms with Crippen molar-refractivity contribution in [3.05, 3.63) is 64.7 Å². The summed E-state index contributed by atoms with van der Waals surface area (Å²) in [7, 11) is 1.47. The first-order chi connectivity index (χ1) is 13.9. The SMILES string of the molecule is COc1cccc(C(=O)CN(C(=O)c2ccccc2Cl)N2C(=O)CCCC2=O)c1. The van der Waals surface area contributed by atoms with Crippen LogP contribution in [0, 0.1) is 0 Å². The van der Waals surface area contributed by atoms with Crippen LogP contribution in [0.4, 0.5) is 0 Å². The van der Waals surface area contributed by atoms with Crippen LogP contribution in [0.5, 0.6) is 5.75 Å². The lowest BCUT2D eigenvalue weighted by Gasteiger charge is -2.35. The number of methoxy groups -OCH3 is 1. The van der Waals surface area contributed by atoms with Crippen LogP contribution in [-0.4, -0.2) is 47.2 Å². The standard InChI is InChI=1S/C21H19ClN2O5/c1-29-15-7-4-6-14(12-15)18(25)13-23(24-19(26)10-5-11-20(24)27)21(28)16-8-2-3-9-17(16)22/h2-4,6-9,12H,5,10-11,13H2,1H3. The van der Waals surface area contributed by atoms with E-state index in [1.807, 2.05) is 0 Å². The Morgan fingerprint density at radius 3 is 2.41 bits per heavy atom. The van der Waals surface area contributed by atoms with E-state index in [0.717, 1.165) is 10.0 Å². The molecule has 0 bridgehead atoms. The van der Waals surface area contributed by atoms with E-state index in [2.05, 4.69) is 0 Å². The number of carbonyl (C=O) groups excluding carboxylic acids is 4. The Kier molecular flexibility index (Phi) is 6.29. The van der Waals surface area contributed by atoms with Crippen molar-refractivity contribution in [3.8, 4) is 5.75 Å². The summed E-state index contributed by atoms with van der Waals surface area (Å²) in [6.07, 6.45) is 0.642. The molecule has 1 aliphatic rings. The lowest BCUT2D eigenvalue weighted by atomic mass is 10.1. The van der Waals surface area contributed by atoms with Gasteiger partial charge in [0.15, 0.2) is 5.78 Å². The van der Waals surface area contributed by atoms with Gasteiger partial charge in [-0.05, 0) is 30.7 Å². The van der Waals surface area contributed by atoms with Gasteiger partial charge in [0.05, 0.1) is 17.7 Å². The molecule has 2 aromatic carbocycles. The van der Waals surface area contributed by atoms with Crippen LogP contribution < -0.4 is 4.74 Å². The number of benzene rings is 2. The molecule has 8 heteroatoms. The van der Waals surface area contributed by atoms with Gasteiger partial charge in [-0.1, -0.05) is 35.9 Å². The van der Waals surface area contributed by atoms with Crippen molar-refractivity contribution in [3.63, 3.8) is 0 Å². The van der Waals surface area contributed by atoms with E-state index in [4.69, 9.17) is 16.3 Å². The van der Waals surface area contributed by atoms with E-state index in [0.29, 0.717) is 17.7 Å². The second-order valence-corrected chi connectivity index (χ2v) is 6.86. The van der Waals surface area contributed by atoms with Gasteiger partial charge in [0, 0.05) is 18.4 Å². The van der Waals surface area contributed by atoms with Gasteiger partial charge in [0.2, 0.25) is 11.8 Å². The molecule has 0 N–H and O–H groups in total. The minimum Gasteiger partial charge on any atom is -0.497 e. The number of amides is 3. The van der Waals surface area contributed by atoms with Crippen LogP contribution in [0.1, 0.15) is 40.0 Å². The smallest absolute Gasteiger partial charge is 0.274 e. The first-order valence-electron chi connectivity index (χ1n) is 9.01. The first kappa shape index (κ1) is 20.5. The number of nitrogens with zero attached hydrogens (tertiary/aromatic N) is 2. The molecular formula is C21H19ClN2O5. The number of hydrazine groups is 1. The van der Waals surface area contributed by atoms with E-state index in [9.17, 15) is 19.2 Å². The van der Waals surface area contributed by atoms with E-state index >= 15 is 0 Å². The van der Waals surface area contributed by atoms with Crippen LogP contribution >= 0.6 is 11.6 Å². The van der Waals surface area contributed by atoms with Gasteiger partial charge in [-0.25, -0.2) is 5.01 Å². The monoisotopic (exact) mass is 414 g/mol. The Labute approximate surface area is 172 Å². The molecule has 0 saturated carbocycles. The number of Topliss-reactive ketones (excluding diaryl/α,β-unsaturated/α-hetero) is 1. The number of piperidine rings is 1. The van der Waals surface area contributed by atoms with Gasteiger partial charge in [-0.3, -0.25) is 19.2 Å². The minimum absolute atomic E-state index is 0.0961. The summed E-state index contributed by atoms with van der Waals surface area (Å²) < 4.78 is 5.12. The van der Waals surface area contributed by atoms with Crippen LogP contribution in [0.3, 0.4) is 0 Å². The summed E-state index contributed by atoms with van der Waals surface area (Å²) in [6.45, 7) is -0.491. The highest BCUT2D eigenvalue weighted by atomic mass is 35.5. The molecule has 1 aliphatic heterocycles. The van der Waals surface area contributed by atoms with Gasteiger partial charge < -0.3 is 4.74 Å². The molecule has 0 atom stereocenters. The third kappa shape index (κ3) is 4.46. The average Bonchev–Trinajstić information content (AvgIpc) is 2.72. The van der Waals surface area contributed by atoms with Crippen LogP contribution in [0.25, 0.3) is 0 Å². The molecule has 0 aromatic heterocycles. The number of carbonyl (C=O) groups is 4. The number of hydrogen-bond acceptors (Lipinski definition) is 5. The number of hydrogen-bond donors (Lipinski definition) is 0. The van der Waals surface area contributed by atoms with Gasteiger partial charge in [-0.2, -0.15) is 5.01 Å². The molecule has 3 rings (SSSR count). The highest BCUT2D eigenvalue weighted by molar-refractivity contribution is 6.34. The van der Waals surface area contributed by atoms with Gasteiger partial charge in [0.25, 0.3) is 5.91 Å². The van der Waals surface area contributed by atoms with Gasteiger partial charge in [-0.15, -0.1) is 0 Å². The second-order valence-electron chi connectivity index (χ2n) is 6.45. The topological polar surface area (TPSA) is 84.0 Å². The Morgan fingerprint density at radius 2 is 1.76 bits per heavy atom. The van der Waals surface area contributed by atoms with E-state index in [-0.39, 0.29) is 23.4 Å². The molecule has 1 saturated heterocycles. The molecule has 29 heavy (non-hydrogen) atoms. The summed E-state index contributed by atoms with van der Waals surface area (Å²) in [5.74, 6) is -1.73. The third-order valence-electron chi connectivity index (χ3n) is 4.52.